The Kier molecular flexibility index (Phi) is 5.19. The Morgan fingerprint density at radius 3 is 2.59 bits per heavy atom. The summed E-state index contributed by atoms with van der Waals surface area (Å²) in [7, 11) is 0. The minimum absolute atomic E-state index is 0.0565. The van der Waals surface area contributed by atoms with Crippen LogP contribution in [0, 0.1) is 17.2 Å². The second kappa shape index (κ2) is 6.75. The summed E-state index contributed by atoms with van der Waals surface area (Å²) in [5.41, 5.74) is 6.22. The van der Waals surface area contributed by atoms with Gasteiger partial charge in [-0.15, -0.1) is 0 Å². The van der Waals surface area contributed by atoms with E-state index >= 15 is 0 Å². The lowest BCUT2D eigenvalue weighted by molar-refractivity contribution is -0.120. The van der Waals surface area contributed by atoms with Crippen molar-refractivity contribution in [1.82, 2.24) is 5.32 Å². The van der Waals surface area contributed by atoms with Gasteiger partial charge in [-0.25, -0.2) is 4.39 Å². The Morgan fingerprint density at radius 2 is 2.05 bits per heavy atom. The Balaban J connectivity index is 2.03. The number of benzene rings is 1. The Hall–Kier alpha value is -1.46. The molecule has 2 rings (SSSR count). The number of carbonyl (C=O) groups excluding carboxylic acids is 1. The molecule has 1 saturated heterocycles. The van der Waals surface area contributed by atoms with Gasteiger partial charge >= 0.3 is 0 Å². The summed E-state index contributed by atoms with van der Waals surface area (Å²) in [5.74, 6) is -0.455. The highest BCUT2D eigenvalue weighted by atomic mass is 19.1. The van der Waals surface area contributed by atoms with Crippen molar-refractivity contribution in [2.75, 3.05) is 13.2 Å². The van der Waals surface area contributed by atoms with Crippen molar-refractivity contribution in [2.45, 2.75) is 39.3 Å². The van der Waals surface area contributed by atoms with Crippen LogP contribution < -0.4 is 11.1 Å². The van der Waals surface area contributed by atoms with Crippen molar-refractivity contribution in [3.05, 3.63) is 35.6 Å². The predicted molar refractivity (Wildman–Crippen MR) is 83.6 cm³/mol. The predicted octanol–water partition coefficient (Wildman–Crippen LogP) is 2.39. The van der Waals surface area contributed by atoms with Crippen molar-refractivity contribution in [1.29, 1.82) is 0 Å². The van der Waals surface area contributed by atoms with Crippen LogP contribution in [0.4, 0.5) is 4.39 Å². The highest BCUT2D eigenvalue weighted by molar-refractivity contribution is 5.81. The van der Waals surface area contributed by atoms with Crippen LogP contribution >= 0.6 is 0 Å². The van der Waals surface area contributed by atoms with E-state index in [0.29, 0.717) is 18.0 Å². The monoisotopic (exact) mass is 308 g/mol. The van der Waals surface area contributed by atoms with Gasteiger partial charge in [-0.2, -0.15) is 0 Å². The number of hydrogen-bond donors (Lipinski definition) is 2. The molecular weight excluding hydrogens is 283 g/mol. The summed E-state index contributed by atoms with van der Waals surface area (Å²) >= 11 is 0. The van der Waals surface area contributed by atoms with Crippen LogP contribution in [0.2, 0.25) is 0 Å². The summed E-state index contributed by atoms with van der Waals surface area (Å²) in [6.45, 7) is 7.85. The normalized spacial score (nSPS) is 23.5. The number of primary amides is 1. The Labute approximate surface area is 131 Å². The molecule has 3 atom stereocenters. The summed E-state index contributed by atoms with van der Waals surface area (Å²) in [6, 6.07) is 5.24. The molecule has 1 amide bonds. The average Bonchev–Trinajstić information content (AvgIpc) is 2.89. The first-order valence-electron chi connectivity index (χ1n) is 7.69. The number of halogens is 1. The number of amides is 1. The van der Waals surface area contributed by atoms with Crippen LogP contribution in [-0.4, -0.2) is 25.2 Å². The molecule has 0 bridgehead atoms. The number of carbonyl (C=O) groups is 1. The van der Waals surface area contributed by atoms with Crippen LogP contribution in [0.25, 0.3) is 0 Å². The molecule has 0 saturated carbocycles. The maximum Gasteiger partial charge on any atom is 0.239 e. The van der Waals surface area contributed by atoms with E-state index in [4.69, 9.17) is 10.5 Å². The standard InChI is InChI=1S/C17H25FN2O2/c1-17(2,3)15-12(8-9-22-15)10-20-14(16(19)21)11-4-6-13(18)7-5-11/h4-7,12,14-15,20H,8-10H2,1-3H3,(H2,19,21)/t12-,14+,15+/m1/s1. The van der Waals surface area contributed by atoms with E-state index in [2.05, 4.69) is 26.1 Å². The van der Waals surface area contributed by atoms with Gasteiger partial charge in [-0.05, 0) is 29.5 Å². The van der Waals surface area contributed by atoms with Crippen LogP contribution in [0.5, 0.6) is 0 Å². The van der Waals surface area contributed by atoms with Crippen molar-refractivity contribution in [3.8, 4) is 0 Å². The van der Waals surface area contributed by atoms with Gasteiger partial charge in [0.15, 0.2) is 0 Å². The largest absolute Gasteiger partial charge is 0.377 e. The molecule has 1 fully saturated rings. The molecule has 1 aromatic rings. The molecule has 1 heterocycles. The highest BCUT2D eigenvalue weighted by Crippen LogP contribution is 2.34. The van der Waals surface area contributed by atoms with E-state index in [9.17, 15) is 9.18 Å². The highest BCUT2D eigenvalue weighted by Gasteiger charge is 2.37. The lowest BCUT2D eigenvalue weighted by Crippen LogP contribution is -2.41. The molecule has 0 aliphatic carbocycles. The molecule has 0 spiro atoms. The zero-order chi connectivity index (χ0) is 16.3. The first-order chi connectivity index (χ1) is 10.3. The molecule has 22 heavy (non-hydrogen) atoms. The molecule has 0 aromatic heterocycles. The molecular formula is C17H25FN2O2. The van der Waals surface area contributed by atoms with Gasteiger partial charge in [-0.1, -0.05) is 32.9 Å². The van der Waals surface area contributed by atoms with Gasteiger partial charge in [-0.3, -0.25) is 4.79 Å². The maximum atomic E-state index is 13.0. The van der Waals surface area contributed by atoms with Crippen molar-refractivity contribution in [2.24, 2.45) is 17.1 Å². The minimum atomic E-state index is -0.609. The van der Waals surface area contributed by atoms with Gasteiger partial charge in [0.05, 0.1) is 6.10 Å². The van der Waals surface area contributed by atoms with Crippen molar-refractivity contribution < 1.29 is 13.9 Å². The molecule has 3 N–H and O–H groups in total. The first kappa shape index (κ1) is 16.9. The number of nitrogens with one attached hydrogen (secondary N) is 1. The van der Waals surface area contributed by atoms with Crippen molar-refractivity contribution >= 4 is 5.91 Å². The van der Waals surface area contributed by atoms with Gasteiger partial charge in [0.25, 0.3) is 0 Å². The third-order valence-corrected chi connectivity index (χ3v) is 4.14. The SMILES string of the molecule is CC(C)(C)[C@H]1OCC[C@@H]1CN[C@H](C(N)=O)c1ccc(F)cc1. The Bertz CT molecular complexity index is 510. The van der Waals surface area contributed by atoms with Gasteiger partial charge in [0.1, 0.15) is 11.9 Å². The topological polar surface area (TPSA) is 64.3 Å². The lowest BCUT2D eigenvalue weighted by Gasteiger charge is -2.32. The summed E-state index contributed by atoms with van der Waals surface area (Å²) in [6.07, 6.45) is 1.12. The molecule has 5 heteroatoms. The van der Waals surface area contributed by atoms with Crippen molar-refractivity contribution in [3.63, 3.8) is 0 Å². The number of ether oxygens (including phenoxy) is 1. The minimum Gasteiger partial charge on any atom is -0.377 e. The first-order valence-corrected chi connectivity index (χ1v) is 7.69. The van der Waals surface area contributed by atoms with Crippen LogP contribution in [0.15, 0.2) is 24.3 Å². The van der Waals surface area contributed by atoms with E-state index in [1.807, 2.05) is 0 Å². The molecule has 4 nitrogen and oxygen atoms in total. The fourth-order valence-corrected chi connectivity index (χ4v) is 3.11. The van der Waals surface area contributed by atoms with Gasteiger partial charge < -0.3 is 15.8 Å². The number of rotatable bonds is 5. The Morgan fingerprint density at radius 1 is 1.41 bits per heavy atom. The van der Waals surface area contributed by atoms with E-state index in [0.717, 1.165) is 13.0 Å². The third-order valence-electron chi connectivity index (χ3n) is 4.14. The summed E-state index contributed by atoms with van der Waals surface area (Å²) in [4.78, 5) is 11.7. The molecule has 0 unspecified atom stereocenters. The summed E-state index contributed by atoms with van der Waals surface area (Å²) in [5, 5.41) is 3.22. The molecule has 0 radical (unpaired) electrons. The van der Waals surface area contributed by atoms with Gasteiger partial charge in [0, 0.05) is 19.1 Å². The van der Waals surface area contributed by atoms with Gasteiger partial charge in [0.2, 0.25) is 5.91 Å². The second-order valence-corrected chi connectivity index (χ2v) is 7.00. The van der Waals surface area contributed by atoms with Crippen LogP contribution in [-0.2, 0) is 9.53 Å². The van der Waals surface area contributed by atoms with E-state index in [1.165, 1.54) is 12.1 Å². The van der Waals surface area contributed by atoms with E-state index < -0.39 is 11.9 Å². The molecule has 122 valence electrons. The van der Waals surface area contributed by atoms with E-state index in [1.54, 1.807) is 12.1 Å². The molecule has 1 aromatic carbocycles. The molecule has 1 aliphatic rings. The number of hydrogen-bond acceptors (Lipinski definition) is 3. The average molecular weight is 308 g/mol. The fraction of sp³-hybridized carbons (Fsp3) is 0.588. The van der Waals surface area contributed by atoms with Crippen LogP contribution in [0.3, 0.4) is 0 Å². The fourth-order valence-electron chi connectivity index (χ4n) is 3.11. The second-order valence-electron chi connectivity index (χ2n) is 7.00. The van der Waals surface area contributed by atoms with E-state index in [-0.39, 0.29) is 17.3 Å². The zero-order valence-corrected chi connectivity index (χ0v) is 13.4. The summed E-state index contributed by atoms with van der Waals surface area (Å²) < 4.78 is 18.9. The third kappa shape index (κ3) is 4.05. The number of nitrogens with two attached hydrogens (primary N) is 1. The zero-order valence-electron chi connectivity index (χ0n) is 13.4. The quantitative estimate of drug-likeness (QED) is 0.878. The lowest BCUT2D eigenvalue weighted by atomic mass is 9.81. The smallest absolute Gasteiger partial charge is 0.239 e. The molecule has 1 aliphatic heterocycles. The van der Waals surface area contributed by atoms with Crippen LogP contribution in [0.1, 0.15) is 38.8 Å². The maximum absolute atomic E-state index is 13.0.